The molecule has 2 rings (SSSR count). The van der Waals surface area contributed by atoms with Crippen molar-refractivity contribution in [3.8, 4) is 0 Å². The number of nitrogens with zero attached hydrogens (tertiary/aromatic N) is 4. The second-order valence-electron chi connectivity index (χ2n) is 3.37. The number of hydrogen-bond acceptors (Lipinski definition) is 5. The Kier molecular flexibility index (Phi) is 3.92. The fourth-order valence-electron chi connectivity index (χ4n) is 1.28. The number of halogens is 1. The van der Waals surface area contributed by atoms with Crippen molar-refractivity contribution in [1.29, 1.82) is 0 Å². The first-order valence-electron chi connectivity index (χ1n) is 5.10. The van der Waals surface area contributed by atoms with Crippen LogP contribution in [0, 0.1) is 5.82 Å². The zero-order valence-corrected chi connectivity index (χ0v) is 10.1. The van der Waals surface area contributed by atoms with Gasteiger partial charge in [0.05, 0.1) is 0 Å². The monoisotopic (exact) mass is 253 g/mol. The summed E-state index contributed by atoms with van der Waals surface area (Å²) in [5.41, 5.74) is 0.779. The number of tetrazole rings is 1. The number of aryl methyl sites for hydroxylation is 1. The molecule has 0 aliphatic heterocycles. The summed E-state index contributed by atoms with van der Waals surface area (Å²) in [5.74, 6) is 0.574. The van der Waals surface area contributed by atoms with E-state index >= 15 is 0 Å². The fourth-order valence-corrected chi connectivity index (χ4v) is 1.98. The van der Waals surface area contributed by atoms with Crippen LogP contribution >= 0.6 is 11.8 Å². The maximum Gasteiger partial charge on any atom is 0.209 e. The van der Waals surface area contributed by atoms with Gasteiger partial charge in [-0.1, -0.05) is 17.8 Å². The van der Waals surface area contributed by atoms with Crippen LogP contribution in [-0.4, -0.2) is 32.5 Å². The van der Waals surface area contributed by atoms with Crippen LogP contribution in [0.2, 0.25) is 0 Å². The number of benzene rings is 1. The third-order valence-corrected chi connectivity index (χ3v) is 3.08. The van der Waals surface area contributed by atoms with Crippen molar-refractivity contribution in [3.63, 3.8) is 0 Å². The lowest BCUT2D eigenvalue weighted by molar-refractivity contribution is 0.628. The van der Waals surface area contributed by atoms with Gasteiger partial charge in [0.2, 0.25) is 5.16 Å². The van der Waals surface area contributed by atoms with Gasteiger partial charge in [-0.15, -0.1) is 5.10 Å². The van der Waals surface area contributed by atoms with E-state index in [-0.39, 0.29) is 5.82 Å². The maximum absolute atomic E-state index is 12.9. The molecular formula is C10H12FN5S. The standard InChI is InChI=1S/C10H12FN5S/c1-16-10(13-14-15-16)17-6-5-12-9-4-2-3-8(11)7-9/h2-4,7,12H,5-6H2,1H3. The molecule has 0 spiro atoms. The molecule has 0 atom stereocenters. The summed E-state index contributed by atoms with van der Waals surface area (Å²) in [7, 11) is 1.79. The Morgan fingerprint density at radius 1 is 1.47 bits per heavy atom. The van der Waals surface area contributed by atoms with Crippen LogP contribution < -0.4 is 5.32 Å². The van der Waals surface area contributed by atoms with Crippen LogP contribution in [0.25, 0.3) is 0 Å². The molecular weight excluding hydrogens is 241 g/mol. The first-order valence-corrected chi connectivity index (χ1v) is 6.09. The first kappa shape index (κ1) is 11.8. The molecule has 7 heteroatoms. The number of thioether (sulfide) groups is 1. The van der Waals surface area contributed by atoms with Gasteiger partial charge in [-0.05, 0) is 28.6 Å². The largest absolute Gasteiger partial charge is 0.384 e. The van der Waals surface area contributed by atoms with Gasteiger partial charge >= 0.3 is 0 Å². The van der Waals surface area contributed by atoms with Crippen LogP contribution in [0.4, 0.5) is 10.1 Å². The van der Waals surface area contributed by atoms with Crippen molar-refractivity contribution < 1.29 is 4.39 Å². The van der Waals surface area contributed by atoms with Crippen LogP contribution in [0.5, 0.6) is 0 Å². The van der Waals surface area contributed by atoms with Crippen molar-refractivity contribution in [2.75, 3.05) is 17.6 Å². The van der Waals surface area contributed by atoms with Crippen LogP contribution in [0.15, 0.2) is 29.4 Å². The van der Waals surface area contributed by atoms with Crippen LogP contribution in [-0.2, 0) is 7.05 Å². The molecule has 0 aliphatic carbocycles. The van der Waals surface area contributed by atoms with Gasteiger partial charge in [0.1, 0.15) is 5.82 Å². The van der Waals surface area contributed by atoms with E-state index in [1.165, 1.54) is 12.1 Å². The van der Waals surface area contributed by atoms with E-state index in [2.05, 4.69) is 20.8 Å². The Labute approximate surface area is 102 Å². The Balaban J connectivity index is 1.75. The SMILES string of the molecule is Cn1nnnc1SCCNc1cccc(F)c1. The van der Waals surface area contributed by atoms with E-state index in [4.69, 9.17) is 0 Å². The lowest BCUT2D eigenvalue weighted by Crippen LogP contribution is -2.05. The van der Waals surface area contributed by atoms with Crippen molar-refractivity contribution in [2.45, 2.75) is 5.16 Å². The third kappa shape index (κ3) is 3.42. The van der Waals surface area contributed by atoms with E-state index in [0.717, 1.165) is 23.1 Å². The quantitative estimate of drug-likeness (QED) is 0.647. The van der Waals surface area contributed by atoms with Gasteiger partial charge in [0, 0.05) is 25.0 Å². The van der Waals surface area contributed by atoms with E-state index in [9.17, 15) is 4.39 Å². The molecule has 0 amide bonds. The minimum Gasteiger partial charge on any atom is -0.384 e. The second-order valence-corrected chi connectivity index (χ2v) is 4.43. The maximum atomic E-state index is 12.9. The lowest BCUT2D eigenvalue weighted by atomic mass is 10.3. The van der Waals surface area contributed by atoms with E-state index in [1.54, 1.807) is 29.6 Å². The molecule has 0 radical (unpaired) electrons. The molecule has 1 aromatic heterocycles. The van der Waals surface area contributed by atoms with Gasteiger partial charge in [0.15, 0.2) is 0 Å². The van der Waals surface area contributed by atoms with E-state index < -0.39 is 0 Å². The fraction of sp³-hybridized carbons (Fsp3) is 0.300. The lowest BCUT2D eigenvalue weighted by Gasteiger charge is -2.05. The van der Waals surface area contributed by atoms with Crippen molar-refractivity contribution in [2.24, 2.45) is 7.05 Å². The summed E-state index contributed by atoms with van der Waals surface area (Å²) in [4.78, 5) is 0. The minimum absolute atomic E-state index is 0.236. The third-order valence-electron chi connectivity index (χ3n) is 2.07. The number of anilines is 1. The van der Waals surface area contributed by atoms with Gasteiger partial charge in [0.25, 0.3) is 0 Å². The smallest absolute Gasteiger partial charge is 0.209 e. The molecule has 0 saturated heterocycles. The van der Waals surface area contributed by atoms with Gasteiger partial charge < -0.3 is 5.32 Å². The molecule has 1 heterocycles. The first-order chi connectivity index (χ1) is 8.25. The zero-order chi connectivity index (χ0) is 12.1. The number of nitrogens with one attached hydrogen (secondary N) is 1. The molecule has 17 heavy (non-hydrogen) atoms. The predicted molar refractivity (Wildman–Crippen MR) is 64.4 cm³/mol. The van der Waals surface area contributed by atoms with Crippen molar-refractivity contribution in [3.05, 3.63) is 30.1 Å². The van der Waals surface area contributed by atoms with Crippen LogP contribution in [0.3, 0.4) is 0 Å². The van der Waals surface area contributed by atoms with Crippen molar-refractivity contribution in [1.82, 2.24) is 20.2 Å². The highest BCUT2D eigenvalue weighted by molar-refractivity contribution is 7.99. The number of rotatable bonds is 5. The highest BCUT2D eigenvalue weighted by Gasteiger charge is 2.01. The summed E-state index contributed by atoms with van der Waals surface area (Å²) in [6.07, 6.45) is 0. The Morgan fingerprint density at radius 3 is 3.06 bits per heavy atom. The minimum atomic E-state index is -0.236. The van der Waals surface area contributed by atoms with Gasteiger partial charge in [-0.3, -0.25) is 0 Å². The summed E-state index contributed by atoms with van der Waals surface area (Å²) >= 11 is 1.55. The molecule has 0 bridgehead atoms. The van der Waals surface area contributed by atoms with Gasteiger partial charge in [-0.2, -0.15) is 0 Å². The topological polar surface area (TPSA) is 55.6 Å². The average molecular weight is 253 g/mol. The van der Waals surface area contributed by atoms with Crippen molar-refractivity contribution >= 4 is 17.4 Å². The Morgan fingerprint density at radius 2 is 2.35 bits per heavy atom. The average Bonchev–Trinajstić information content (AvgIpc) is 2.71. The molecule has 0 unspecified atom stereocenters. The van der Waals surface area contributed by atoms with E-state index in [1.807, 2.05) is 6.07 Å². The number of hydrogen-bond donors (Lipinski definition) is 1. The summed E-state index contributed by atoms with van der Waals surface area (Å²) < 4.78 is 14.5. The number of aromatic nitrogens is 4. The molecule has 1 N–H and O–H groups in total. The molecule has 1 aromatic carbocycles. The van der Waals surface area contributed by atoms with Gasteiger partial charge in [-0.25, -0.2) is 9.07 Å². The predicted octanol–water partition coefficient (Wildman–Crippen LogP) is 1.55. The summed E-state index contributed by atoms with van der Waals surface area (Å²) in [6, 6.07) is 6.40. The van der Waals surface area contributed by atoms with Crippen LogP contribution in [0.1, 0.15) is 0 Å². The Bertz CT molecular complexity index is 487. The second kappa shape index (κ2) is 5.62. The molecule has 90 valence electrons. The molecule has 5 nitrogen and oxygen atoms in total. The normalized spacial score (nSPS) is 10.5. The summed E-state index contributed by atoms with van der Waals surface area (Å²) in [5, 5.41) is 15.0. The summed E-state index contributed by atoms with van der Waals surface area (Å²) in [6.45, 7) is 0.723. The molecule has 0 aliphatic rings. The highest BCUT2D eigenvalue weighted by atomic mass is 32.2. The Hall–Kier alpha value is -1.63. The van der Waals surface area contributed by atoms with E-state index in [0.29, 0.717) is 0 Å². The molecule has 0 fully saturated rings. The molecule has 0 saturated carbocycles. The molecule has 2 aromatic rings. The highest BCUT2D eigenvalue weighted by Crippen LogP contribution is 2.13. The zero-order valence-electron chi connectivity index (χ0n) is 9.30.